The number of hydrogen-bond donors (Lipinski definition) is 2. The zero-order chi connectivity index (χ0) is 17.2. The van der Waals surface area contributed by atoms with Crippen molar-refractivity contribution in [2.45, 2.75) is 12.5 Å². The van der Waals surface area contributed by atoms with E-state index in [0.717, 1.165) is 16.5 Å². The molecule has 1 unspecified atom stereocenters. The van der Waals surface area contributed by atoms with Crippen molar-refractivity contribution in [1.82, 2.24) is 10.3 Å². The second-order valence-electron chi connectivity index (χ2n) is 5.91. The monoisotopic (exact) mass is 340 g/mol. The first kappa shape index (κ1) is 15.5. The van der Waals surface area contributed by atoms with Gasteiger partial charge in [0, 0.05) is 23.6 Å². The summed E-state index contributed by atoms with van der Waals surface area (Å²) in [6.07, 6.45) is 1.77. The maximum absolute atomic E-state index is 13.4. The van der Waals surface area contributed by atoms with Gasteiger partial charge in [-0.1, -0.05) is 12.1 Å². The molecule has 128 valence electrons. The highest BCUT2D eigenvalue weighted by Crippen LogP contribution is 2.30. The van der Waals surface area contributed by atoms with Crippen LogP contribution in [0.3, 0.4) is 0 Å². The summed E-state index contributed by atoms with van der Waals surface area (Å²) in [5, 5.41) is 3.68. The maximum atomic E-state index is 13.4. The summed E-state index contributed by atoms with van der Waals surface area (Å²) in [5.74, 6) is 0.720. The van der Waals surface area contributed by atoms with Crippen LogP contribution in [0.1, 0.15) is 5.56 Å². The van der Waals surface area contributed by atoms with Gasteiger partial charge in [-0.3, -0.25) is 4.79 Å². The quantitative estimate of drug-likeness (QED) is 0.768. The summed E-state index contributed by atoms with van der Waals surface area (Å²) in [4.78, 5) is 15.4. The molecule has 1 aliphatic rings. The predicted octanol–water partition coefficient (Wildman–Crippen LogP) is 2.81. The van der Waals surface area contributed by atoms with E-state index in [-0.39, 0.29) is 18.3 Å². The summed E-state index contributed by atoms with van der Waals surface area (Å²) in [6, 6.07) is 11.9. The van der Waals surface area contributed by atoms with E-state index in [2.05, 4.69) is 10.3 Å². The molecular formula is C19H17FN2O3. The number of carbonyl (C=O) groups excluding carboxylic acids is 1. The van der Waals surface area contributed by atoms with Crippen molar-refractivity contribution < 1.29 is 18.7 Å². The van der Waals surface area contributed by atoms with Crippen LogP contribution in [0.2, 0.25) is 0 Å². The highest BCUT2D eigenvalue weighted by molar-refractivity contribution is 5.84. The molecule has 0 spiro atoms. The molecule has 1 amide bonds. The van der Waals surface area contributed by atoms with Gasteiger partial charge in [0.2, 0.25) is 6.10 Å². The number of H-pyrrole nitrogens is 1. The molecule has 1 atom stereocenters. The third kappa shape index (κ3) is 3.15. The molecule has 5 nitrogen and oxygen atoms in total. The smallest absolute Gasteiger partial charge is 0.264 e. The average molecular weight is 340 g/mol. The van der Waals surface area contributed by atoms with Crippen LogP contribution in [-0.2, 0) is 11.2 Å². The molecule has 2 N–H and O–H groups in total. The minimum Gasteiger partial charge on any atom is -0.485 e. The first-order valence-electron chi connectivity index (χ1n) is 8.12. The highest BCUT2D eigenvalue weighted by Gasteiger charge is 2.26. The molecule has 2 aromatic carbocycles. The van der Waals surface area contributed by atoms with Gasteiger partial charge in [-0.15, -0.1) is 0 Å². The normalized spacial score (nSPS) is 16.0. The number of fused-ring (bicyclic) bond motifs is 2. The first-order chi connectivity index (χ1) is 12.2. The SMILES string of the molecule is O=C(NCCc1c[nH]c2ccc(F)cc12)C1COc2ccccc2O1. The molecular weight excluding hydrogens is 323 g/mol. The van der Waals surface area contributed by atoms with Crippen LogP contribution in [0.5, 0.6) is 11.5 Å². The van der Waals surface area contributed by atoms with Gasteiger partial charge in [-0.2, -0.15) is 0 Å². The van der Waals surface area contributed by atoms with E-state index in [1.165, 1.54) is 12.1 Å². The van der Waals surface area contributed by atoms with E-state index < -0.39 is 6.10 Å². The average Bonchev–Trinajstić information content (AvgIpc) is 3.03. The number of carbonyl (C=O) groups is 1. The third-order valence-corrected chi connectivity index (χ3v) is 4.22. The number of halogens is 1. The standard InChI is InChI=1S/C19H17FN2O3/c20-13-5-6-15-14(9-13)12(10-22-15)7-8-21-19(23)18-11-24-16-3-1-2-4-17(16)25-18/h1-6,9-10,18,22H,7-8,11H2,(H,21,23). The fourth-order valence-corrected chi connectivity index (χ4v) is 2.94. The molecule has 0 radical (unpaired) electrons. The summed E-state index contributed by atoms with van der Waals surface area (Å²) in [7, 11) is 0. The number of aromatic amines is 1. The summed E-state index contributed by atoms with van der Waals surface area (Å²) in [6.45, 7) is 0.616. The zero-order valence-corrected chi connectivity index (χ0v) is 13.4. The lowest BCUT2D eigenvalue weighted by molar-refractivity contribution is -0.130. The minimum absolute atomic E-state index is 0.182. The lowest BCUT2D eigenvalue weighted by Crippen LogP contribution is -2.44. The molecule has 2 heterocycles. The van der Waals surface area contributed by atoms with E-state index in [1.807, 2.05) is 18.3 Å². The molecule has 4 rings (SSSR count). The second kappa shape index (κ2) is 6.47. The largest absolute Gasteiger partial charge is 0.485 e. The van der Waals surface area contributed by atoms with Gasteiger partial charge in [0.15, 0.2) is 11.5 Å². The Morgan fingerprint density at radius 3 is 2.96 bits per heavy atom. The fourth-order valence-electron chi connectivity index (χ4n) is 2.94. The number of ether oxygens (including phenoxy) is 2. The van der Waals surface area contributed by atoms with Gasteiger partial charge in [0.1, 0.15) is 12.4 Å². The zero-order valence-electron chi connectivity index (χ0n) is 13.4. The van der Waals surface area contributed by atoms with E-state index in [0.29, 0.717) is 24.5 Å². The molecule has 1 aliphatic heterocycles. The number of aromatic nitrogens is 1. The van der Waals surface area contributed by atoms with Crippen LogP contribution in [0.25, 0.3) is 10.9 Å². The van der Waals surface area contributed by atoms with Crippen molar-refractivity contribution in [3.8, 4) is 11.5 Å². The van der Waals surface area contributed by atoms with Crippen LogP contribution in [0, 0.1) is 5.82 Å². The van der Waals surface area contributed by atoms with Crippen molar-refractivity contribution in [2.24, 2.45) is 0 Å². The summed E-state index contributed by atoms with van der Waals surface area (Å²) >= 11 is 0. The lowest BCUT2D eigenvalue weighted by Gasteiger charge is -2.25. The Balaban J connectivity index is 1.35. The van der Waals surface area contributed by atoms with Crippen molar-refractivity contribution in [3.63, 3.8) is 0 Å². The Bertz CT molecular complexity index is 922. The number of benzene rings is 2. The second-order valence-corrected chi connectivity index (χ2v) is 5.91. The highest BCUT2D eigenvalue weighted by atomic mass is 19.1. The van der Waals surface area contributed by atoms with Gasteiger partial charge in [0.05, 0.1) is 0 Å². The molecule has 0 saturated carbocycles. The van der Waals surface area contributed by atoms with Crippen LogP contribution >= 0.6 is 0 Å². The molecule has 3 aromatic rings. The molecule has 0 aliphatic carbocycles. The number of rotatable bonds is 4. The maximum Gasteiger partial charge on any atom is 0.264 e. The van der Waals surface area contributed by atoms with Crippen molar-refractivity contribution >= 4 is 16.8 Å². The molecule has 0 bridgehead atoms. The number of amides is 1. The van der Waals surface area contributed by atoms with E-state index in [4.69, 9.17) is 9.47 Å². The number of hydrogen-bond acceptors (Lipinski definition) is 3. The van der Waals surface area contributed by atoms with Gasteiger partial charge in [0.25, 0.3) is 5.91 Å². The fraction of sp³-hybridized carbons (Fsp3) is 0.211. The Labute approximate surface area is 143 Å². The Hall–Kier alpha value is -3.02. The van der Waals surface area contributed by atoms with Gasteiger partial charge in [-0.25, -0.2) is 4.39 Å². The van der Waals surface area contributed by atoms with Crippen LogP contribution in [0.4, 0.5) is 4.39 Å². The van der Waals surface area contributed by atoms with Crippen molar-refractivity contribution in [2.75, 3.05) is 13.2 Å². The van der Waals surface area contributed by atoms with Crippen LogP contribution in [0.15, 0.2) is 48.7 Å². The van der Waals surface area contributed by atoms with Crippen molar-refractivity contribution in [3.05, 3.63) is 60.0 Å². The molecule has 6 heteroatoms. The van der Waals surface area contributed by atoms with Crippen LogP contribution < -0.4 is 14.8 Å². The van der Waals surface area contributed by atoms with Crippen molar-refractivity contribution in [1.29, 1.82) is 0 Å². The topological polar surface area (TPSA) is 63.4 Å². The van der Waals surface area contributed by atoms with Gasteiger partial charge >= 0.3 is 0 Å². The van der Waals surface area contributed by atoms with E-state index >= 15 is 0 Å². The van der Waals surface area contributed by atoms with Crippen LogP contribution in [-0.4, -0.2) is 30.1 Å². The lowest BCUT2D eigenvalue weighted by atomic mass is 10.1. The third-order valence-electron chi connectivity index (χ3n) is 4.22. The first-order valence-corrected chi connectivity index (χ1v) is 8.12. The molecule has 25 heavy (non-hydrogen) atoms. The predicted molar refractivity (Wildman–Crippen MR) is 91.3 cm³/mol. The van der Waals surface area contributed by atoms with E-state index in [1.54, 1.807) is 18.2 Å². The number of nitrogens with one attached hydrogen (secondary N) is 2. The van der Waals surface area contributed by atoms with Gasteiger partial charge < -0.3 is 19.8 Å². The Kier molecular flexibility index (Phi) is 4.01. The molecule has 0 saturated heterocycles. The minimum atomic E-state index is -0.671. The summed E-state index contributed by atoms with van der Waals surface area (Å²) in [5.41, 5.74) is 1.84. The number of para-hydroxylation sites is 2. The Morgan fingerprint density at radius 1 is 1.24 bits per heavy atom. The van der Waals surface area contributed by atoms with E-state index in [9.17, 15) is 9.18 Å². The Morgan fingerprint density at radius 2 is 2.08 bits per heavy atom. The molecule has 1 aromatic heterocycles. The summed E-state index contributed by atoms with van der Waals surface area (Å²) < 4.78 is 24.6. The molecule has 0 fully saturated rings. The van der Waals surface area contributed by atoms with Gasteiger partial charge in [-0.05, 0) is 42.3 Å².